The van der Waals surface area contributed by atoms with Crippen LogP contribution in [-0.2, 0) is 14.3 Å². The molecule has 98 valence electrons. The van der Waals surface area contributed by atoms with E-state index in [2.05, 4.69) is 10.1 Å². The highest BCUT2D eigenvalue weighted by molar-refractivity contribution is 5.93. The van der Waals surface area contributed by atoms with Crippen LogP contribution in [0.1, 0.15) is 12.8 Å². The minimum Gasteiger partial charge on any atom is -0.469 e. The first-order valence-electron chi connectivity index (χ1n) is 5.67. The molecule has 0 aliphatic rings. The standard InChI is InChI=1S/C13H18N2O3/c1-15(2)11-6-4-5-10(9-11)14-12(16)7-8-13(17)18-3/h4-6,9H,7-8H2,1-3H3,(H,14,16). The molecule has 0 fully saturated rings. The molecule has 0 saturated heterocycles. The number of nitrogens with one attached hydrogen (secondary N) is 1. The van der Waals surface area contributed by atoms with Crippen LogP contribution in [0.15, 0.2) is 24.3 Å². The Labute approximate surface area is 107 Å². The molecule has 1 amide bonds. The zero-order chi connectivity index (χ0) is 13.5. The highest BCUT2D eigenvalue weighted by Crippen LogP contribution is 2.17. The molecule has 1 rings (SSSR count). The summed E-state index contributed by atoms with van der Waals surface area (Å²) in [6.45, 7) is 0. The first-order valence-corrected chi connectivity index (χ1v) is 5.67. The predicted molar refractivity (Wildman–Crippen MR) is 70.6 cm³/mol. The number of rotatable bonds is 5. The zero-order valence-electron chi connectivity index (χ0n) is 10.9. The Bertz CT molecular complexity index is 430. The maximum absolute atomic E-state index is 11.6. The SMILES string of the molecule is COC(=O)CCC(=O)Nc1cccc(N(C)C)c1. The number of hydrogen-bond donors (Lipinski definition) is 1. The summed E-state index contributed by atoms with van der Waals surface area (Å²) in [6, 6.07) is 7.49. The molecule has 1 N–H and O–H groups in total. The summed E-state index contributed by atoms with van der Waals surface area (Å²) in [7, 11) is 5.16. The molecular formula is C13H18N2O3. The molecule has 0 radical (unpaired) electrons. The van der Waals surface area contributed by atoms with E-state index < -0.39 is 0 Å². The van der Waals surface area contributed by atoms with Crippen LogP contribution in [0, 0.1) is 0 Å². The van der Waals surface area contributed by atoms with Crippen LogP contribution in [0.25, 0.3) is 0 Å². The fourth-order valence-electron chi connectivity index (χ4n) is 1.40. The van der Waals surface area contributed by atoms with Gasteiger partial charge in [-0.15, -0.1) is 0 Å². The van der Waals surface area contributed by atoms with Crippen LogP contribution in [0.4, 0.5) is 11.4 Å². The maximum Gasteiger partial charge on any atom is 0.306 e. The first-order chi connectivity index (χ1) is 8.52. The van der Waals surface area contributed by atoms with E-state index in [0.717, 1.165) is 11.4 Å². The van der Waals surface area contributed by atoms with Crippen molar-refractivity contribution < 1.29 is 14.3 Å². The number of carbonyl (C=O) groups is 2. The van der Waals surface area contributed by atoms with Crippen LogP contribution < -0.4 is 10.2 Å². The quantitative estimate of drug-likeness (QED) is 0.807. The van der Waals surface area contributed by atoms with Gasteiger partial charge in [0.1, 0.15) is 0 Å². The fraction of sp³-hybridized carbons (Fsp3) is 0.385. The minimum atomic E-state index is -0.382. The Kier molecular flexibility index (Phi) is 5.17. The van der Waals surface area contributed by atoms with E-state index in [9.17, 15) is 9.59 Å². The number of anilines is 2. The van der Waals surface area contributed by atoms with Crippen LogP contribution >= 0.6 is 0 Å². The van der Waals surface area contributed by atoms with Crippen molar-refractivity contribution in [1.82, 2.24) is 0 Å². The van der Waals surface area contributed by atoms with Crippen LogP contribution in [0.2, 0.25) is 0 Å². The summed E-state index contributed by atoms with van der Waals surface area (Å²) >= 11 is 0. The Hall–Kier alpha value is -2.04. The smallest absolute Gasteiger partial charge is 0.306 e. The molecule has 1 aromatic rings. The van der Waals surface area contributed by atoms with Crippen molar-refractivity contribution in [3.63, 3.8) is 0 Å². The summed E-state index contributed by atoms with van der Waals surface area (Å²) in [4.78, 5) is 24.4. The van der Waals surface area contributed by atoms with Crippen LogP contribution in [-0.4, -0.2) is 33.1 Å². The Morgan fingerprint density at radius 1 is 1.28 bits per heavy atom. The summed E-state index contributed by atoms with van der Waals surface area (Å²) in [6.07, 6.45) is 0.217. The van der Waals surface area contributed by atoms with Crippen molar-refractivity contribution in [2.75, 3.05) is 31.4 Å². The highest BCUT2D eigenvalue weighted by Gasteiger charge is 2.07. The highest BCUT2D eigenvalue weighted by atomic mass is 16.5. The van der Waals surface area contributed by atoms with Gasteiger partial charge in [-0.1, -0.05) is 6.07 Å². The molecule has 0 unspecified atom stereocenters. The van der Waals surface area contributed by atoms with Gasteiger partial charge in [0.2, 0.25) is 5.91 Å². The second-order valence-electron chi connectivity index (χ2n) is 4.07. The Morgan fingerprint density at radius 3 is 2.61 bits per heavy atom. The molecule has 0 saturated carbocycles. The van der Waals surface area contributed by atoms with E-state index in [4.69, 9.17) is 0 Å². The van der Waals surface area contributed by atoms with Crippen molar-refractivity contribution in [2.45, 2.75) is 12.8 Å². The molecule has 0 aromatic heterocycles. The zero-order valence-corrected chi connectivity index (χ0v) is 10.9. The van der Waals surface area contributed by atoms with E-state index in [1.807, 2.05) is 43.3 Å². The third-order valence-electron chi connectivity index (χ3n) is 2.43. The Morgan fingerprint density at radius 2 is 2.00 bits per heavy atom. The van der Waals surface area contributed by atoms with E-state index in [-0.39, 0.29) is 24.7 Å². The molecule has 18 heavy (non-hydrogen) atoms. The number of ether oxygens (including phenoxy) is 1. The number of esters is 1. The van der Waals surface area contributed by atoms with E-state index in [0.29, 0.717) is 0 Å². The van der Waals surface area contributed by atoms with Gasteiger partial charge in [-0.25, -0.2) is 0 Å². The number of nitrogens with zero attached hydrogens (tertiary/aromatic N) is 1. The summed E-state index contributed by atoms with van der Waals surface area (Å²) in [5.41, 5.74) is 1.72. The van der Waals surface area contributed by atoms with Gasteiger partial charge in [0.25, 0.3) is 0 Å². The normalized spacial score (nSPS) is 9.72. The van der Waals surface area contributed by atoms with Gasteiger partial charge in [0, 0.05) is 31.9 Å². The lowest BCUT2D eigenvalue weighted by Crippen LogP contribution is -2.14. The molecule has 1 aromatic carbocycles. The van der Waals surface area contributed by atoms with Gasteiger partial charge >= 0.3 is 5.97 Å². The minimum absolute atomic E-state index is 0.0930. The van der Waals surface area contributed by atoms with E-state index >= 15 is 0 Å². The predicted octanol–water partition coefficient (Wildman–Crippen LogP) is 1.64. The molecule has 0 aliphatic heterocycles. The maximum atomic E-state index is 11.6. The molecule has 0 bridgehead atoms. The van der Waals surface area contributed by atoms with Gasteiger partial charge in [-0.3, -0.25) is 9.59 Å². The van der Waals surface area contributed by atoms with Gasteiger partial charge in [-0.05, 0) is 18.2 Å². The van der Waals surface area contributed by atoms with E-state index in [1.165, 1.54) is 7.11 Å². The lowest BCUT2D eigenvalue weighted by molar-refractivity contribution is -0.141. The fourth-order valence-corrected chi connectivity index (χ4v) is 1.40. The Balaban J connectivity index is 2.54. The third kappa shape index (κ3) is 4.45. The van der Waals surface area contributed by atoms with Crippen molar-refractivity contribution in [1.29, 1.82) is 0 Å². The van der Waals surface area contributed by atoms with E-state index in [1.54, 1.807) is 0 Å². The average molecular weight is 250 g/mol. The molecule has 5 heteroatoms. The largest absolute Gasteiger partial charge is 0.469 e. The van der Waals surface area contributed by atoms with Gasteiger partial charge in [0.15, 0.2) is 0 Å². The third-order valence-corrected chi connectivity index (χ3v) is 2.43. The molecule has 5 nitrogen and oxygen atoms in total. The second kappa shape index (κ2) is 6.64. The molecule has 0 atom stereocenters. The average Bonchev–Trinajstić information content (AvgIpc) is 2.36. The summed E-state index contributed by atoms with van der Waals surface area (Å²) in [5, 5.41) is 2.74. The molecule has 0 spiro atoms. The lowest BCUT2D eigenvalue weighted by atomic mass is 10.2. The molecule has 0 aliphatic carbocycles. The molecular weight excluding hydrogens is 232 g/mol. The lowest BCUT2D eigenvalue weighted by Gasteiger charge is -2.13. The first kappa shape index (κ1) is 14.0. The monoisotopic (exact) mass is 250 g/mol. The number of hydrogen-bond acceptors (Lipinski definition) is 4. The van der Waals surface area contributed by atoms with Crippen molar-refractivity contribution >= 4 is 23.3 Å². The number of methoxy groups -OCH3 is 1. The summed E-state index contributed by atoms with van der Waals surface area (Å²) in [5.74, 6) is -0.580. The number of carbonyl (C=O) groups excluding carboxylic acids is 2. The van der Waals surface area contributed by atoms with Crippen LogP contribution in [0.5, 0.6) is 0 Å². The number of amides is 1. The second-order valence-corrected chi connectivity index (χ2v) is 4.07. The van der Waals surface area contributed by atoms with Crippen LogP contribution in [0.3, 0.4) is 0 Å². The summed E-state index contributed by atoms with van der Waals surface area (Å²) < 4.78 is 4.48. The van der Waals surface area contributed by atoms with Gasteiger partial charge in [0.05, 0.1) is 13.5 Å². The van der Waals surface area contributed by atoms with Crippen molar-refractivity contribution in [3.05, 3.63) is 24.3 Å². The van der Waals surface area contributed by atoms with Gasteiger partial charge in [-0.2, -0.15) is 0 Å². The van der Waals surface area contributed by atoms with Crippen molar-refractivity contribution in [3.8, 4) is 0 Å². The number of benzene rings is 1. The topological polar surface area (TPSA) is 58.6 Å². The molecule has 0 heterocycles. The van der Waals surface area contributed by atoms with Gasteiger partial charge < -0.3 is 15.0 Å². The van der Waals surface area contributed by atoms with Crippen molar-refractivity contribution in [2.24, 2.45) is 0 Å².